The second kappa shape index (κ2) is 11.2. The molecule has 3 atom stereocenters. The third-order valence-electron chi connectivity index (χ3n) is 5.80. The van der Waals surface area contributed by atoms with Crippen molar-refractivity contribution in [2.75, 3.05) is 6.61 Å². The second-order valence-electron chi connectivity index (χ2n) is 8.51. The maximum Gasteiger partial charge on any atom is 0.417 e. The second-order valence-corrected chi connectivity index (χ2v) is 12.2. The van der Waals surface area contributed by atoms with Gasteiger partial charge in [0.1, 0.15) is 34.4 Å². The Bertz CT molecular complexity index is 1460. The lowest BCUT2D eigenvalue weighted by molar-refractivity contribution is -0.164. The first-order chi connectivity index (χ1) is 18.3. The first-order valence-corrected chi connectivity index (χ1v) is 13.8. The molecule has 4 rings (SSSR count). The molecule has 39 heavy (non-hydrogen) atoms. The number of cyclic esters (lactones) is 1. The molecule has 1 saturated heterocycles. The van der Waals surface area contributed by atoms with Gasteiger partial charge in [0.15, 0.2) is 0 Å². The van der Waals surface area contributed by atoms with Crippen LogP contribution in [0.3, 0.4) is 0 Å². The molecule has 1 fully saturated rings. The number of hydrogen-bond acceptors (Lipinski definition) is 6. The number of halogens is 6. The van der Waals surface area contributed by atoms with Crippen LogP contribution in [0.5, 0.6) is 0 Å². The standard InChI is InChI=1S/C24H18ClF5N2O5S2/c25-18-6-7-19(38-18)39(35,36)31-21(20(24(28,29)30)14-9-15(26)11-16(27)10-14)22(33)32-17(12-37-23(32)34)8-13-4-2-1-3-5-13/h1-7,9-11,17,20-21,31H,8,12H2/t17-,20-,21-/m0/s1. The third-order valence-corrected chi connectivity index (χ3v) is 8.97. The molecule has 7 nitrogen and oxygen atoms in total. The molecule has 2 heterocycles. The molecule has 1 aliphatic heterocycles. The van der Waals surface area contributed by atoms with Crippen molar-refractivity contribution in [1.29, 1.82) is 0 Å². The zero-order valence-electron chi connectivity index (χ0n) is 19.5. The lowest BCUT2D eigenvalue weighted by Crippen LogP contribution is -2.56. The van der Waals surface area contributed by atoms with E-state index < -0.39 is 67.6 Å². The van der Waals surface area contributed by atoms with Crippen LogP contribution in [0.2, 0.25) is 4.34 Å². The number of carbonyl (C=O) groups excluding carboxylic acids is 2. The average Bonchev–Trinajstić information content (AvgIpc) is 3.43. The molecule has 3 aromatic rings. The Hall–Kier alpha value is -3.07. The van der Waals surface area contributed by atoms with Gasteiger partial charge in [-0.15, -0.1) is 11.3 Å². The molecule has 0 spiro atoms. The number of ether oxygens (including phenoxy) is 1. The number of rotatable bonds is 8. The van der Waals surface area contributed by atoms with Gasteiger partial charge in [0.05, 0.1) is 10.4 Å². The summed E-state index contributed by atoms with van der Waals surface area (Å²) in [5.41, 5.74) is -0.457. The molecule has 1 aliphatic rings. The van der Waals surface area contributed by atoms with Gasteiger partial charge in [0.2, 0.25) is 0 Å². The maximum atomic E-state index is 14.5. The van der Waals surface area contributed by atoms with Crippen LogP contribution in [0.4, 0.5) is 26.7 Å². The van der Waals surface area contributed by atoms with E-state index in [-0.39, 0.29) is 17.4 Å². The normalized spacial score (nSPS) is 17.6. The van der Waals surface area contributed by atoms with E-state index in [1.54, 1.807) is 35.1 Å². The van der Waals surface area contributed by atoms with E-state index in [1.807, 2.05) is 0 Å². The zero-order chi connectivity index (χ0) is 28.5. The number of hydrogen-bond donors (Lipinski definition) is 1. The summed E-state index contributed by atoms with van der Waals surface area (Å²) in [4.78, 5) is 26.7. The van der Waals surface area contributed by atoms with E-state index >= 15 is 0 Å². The van der Waals surface area contributed by atoms with Crippen molar-refractivity contribution < 1.29 is 44.7 Å². The number of thiophene rings is 1. The quantitative estimate of drug-likeness (QED) is 0.352. The molecule has 208 valence electrons. The van der Waals surface area contributed by atoms with Gasteiger partial charge in [-0.05, 0) is 41.8 Å². The lowest BCUT2D eigenvalue weighted by Gasteiger charge is -2.32. The molecule has 2 aromatic carbocycles. The first kappa shape index (κ1) is 28.9. The maximum absolute atomic E-state index is 14.5. The fourth-order valence-electron chi connectivity index (χ4n) is 4.17. The number of nitrogens with zero attached hydrogens (tertiary/aromatic N) is 1. The van der Waals surface area contributed by atoms with Crippen molar-refractivity contribution in [1.82, 2.24) is 9.62 Å². The summed E-state index contributed by atoms with van der Waals surface area (Å²) in [5, 5.41) is 0. The van der Waals surface area contributed by atoms with E-state index in [9.17, 15) is 40.0 Å². The summed E-state index contributed by atoms with van der Waals surface area (Å²) in [7, 11) is -4.84. The van der Waals surface area contributed by atoms with Crippen molar-refractivity contribution in [3.05, 3.63) is 87.8 Å². The van der Waals surface area contributed by atoms with Gasteiger partial charge in [-0.2, -0.15) is 17.9 Å². The van der Waals surface area contributed by atoms with Crippen LogP contribution in [0, 0.1) is 11.6 Å². The van der Waals surface area contributed by atoms with Crippen LogP contribution in [-0.2, 0) is 26.0 Å². The molecule has 15 heteroatoms. The number of alkyl halides is 3. The molecule has 0 aliphatic carbocycles. The summed E-state index contributed by atoms with van der Waals surface area (Å²) >= 11 is 6.28. The van der Waals surface area contributed by atoms with Crippen molar-refractivity contribution in [3.63, 3.8) is 0 Å². The number of sulfonamides is 1. The first-order valence-electron chi connectivity index (χ1n) is 11.1. The molecule has 2 amide bonds. The van der Waals surface area contributed by atoms with Crippen molar-refractivity contribution in [2.24, 2.45) is 0 Å². The number of carbonyl (C=O) groups is 2. The van der Waals surface area contributed by atoms with Gasteiger partial charge in [0, 0.05) is 6.07 Å². The van der Waals surface area contributed by atoms with E-state index in [1.165, 1.54) is 6.07 Å². The highest BCUT2D eigenvalue weighted by Crippen LogP contribution is 2.40. The summed E-state index contributed by atoms with van der Waals surface area (Å²) in [6.45, 7) is -0.370. The Kier molecular flexibility index (Phi) is 8.30. The van der Waals surface area contributed by atoms with Gasteiger partial charge in [0.25, 0.3) is 15.9 Å². The lowest BCUT2D eigenvalue weighted by atomic mass is 9.89. The fourth-order valence-corrected chi connectivity index (χ4v) is 6.87. The summed E-state index contributed by atoms with van der Waals surface area (Å²) < 4.78 is 104. The van der Waals surface area contributed by atoms with Crippen molar-refractivity contribution >= 4 is 45.0 Å². The predicted molar refractivity (Wildman–Crippen MR) is 131 cm³/mol. The van der Waals surface area contributed by atoms with Gasteiger partial charge >= 0.3 is 12.3 Å². The Morgan fingerprint density at radius 2 is 1.74 bits per heavy atom. The minimum atomic E-state index is -5.41. The zero-order valence-corrected chi connectivity index (χ0v) is 21.9. The van der Waals surface area contributed by atoms with E-state index in [0.29, 0.717) is 40.0 Å². The molecule has 1 aromatic heterocycles. The van der Waals surface area contributed by atoms with Gasteiger partial charge in [-0.3, -0.25) is 4.79 Å². The highest BCUT2D eigenvalue weighted by Gasteiger charge is 2.53. The van der Waals surface area contributed by atoms with Gasteiger partial charge in [-0.25, -0.2) is 26.9 Å². The van der Waals surface area contributed by atoms with E-state index in [4.69, 9.17) is 16.3 Å². The fraction of sp³-hybridized carbons (Fsp3) is 0.250. The van der Waals surface area contributed by atoms with Crippen LogP contribution >= 0.6 is 22.9 Å². The Morgan fingerprint density at radius 1 is 1.10 bits per heavy atom. The SMILES string of the molecule is O=C1OC[C@H](Cc2ccccc2)N1C(=O)[C@@H](NS(=O)(=O)c1ccc(Cl)s1)[C@H](c1cc(F)cc(F)c1)C(F)(F)F. The number of imide groups is 1. The minimum absolute atomic E-state index is 0.0103. The molecular weight excluding hydrogens is 591 g/mol. The van der Waals surface area contributed by atoms with E-state index in [0.717, 1.165) is 6.07 Å². The van der Waals surface area contributed by atoms with Crippen molar-refractivity contribution in [2.45, 2.75) is 34.8 Å². The number of amides is 2. The van der Waals surface area contributed by atoms with Crippen LogP contribution < -0.4 is 4.72 Å². The molecule has 0 radical (unpaired) electrons. The molecular formula is C24H18ClF5N2O5S2. The number of nitrogens with one attached hydrogen (secondary N) is 1. The highest BCUT2D eigenvalue weighted by molar-refractivity contribution is 7.91. The summed E-state index contributed by atoms with van der Waals surface area (Å²) in [6.07, 6.45) is -6.71. The van der Waals surface area contributed by atoms with Gasteiger partial charge in [-0.1, -0.05) is 41.9 Å². The number of benzene rings is 2. The topological polar surface area (TPSA) is 92.8 Å². The predicted octanol–water partition coefficient (Wildman–Crippen LogP) is 5.26. The molecule has 0 unspecified atom stereocenters. The average molecular weight is 609 g/mol. The summed E-state index contributed by atoms with van der Waals surface area (Å²) in [6, 6.07) is 7.67. The third kappa shape index (κ3) is 6.57. The Morgan fingerprint density at radius 3 is 2.31 bits per heavy atom. The van der Waals surface area contributed by atoms with E-state index in [2.05, 4.69) is 0 Å². The van der Waals surface area contributed by atoms with Crippen LogP contribution in [0.25, 0.3) is 0 Å². The van der Waals surface area contributed by atoms with Crippen LogP contribution in [-0.4, -0.2) is 50.2 Å². The molecule has 0 bridgehead atoms. The van der Waals surface area contributed by atoms with Gasteiger partial charge < -0.3 is 4.74 Å². The molecule has 1 N–H and O–H groups in total. The molecule has 0 saturated carbocycles. The smallest absolute Gasteiger partial charge is 0.417 e. The summed E-state index contributed by atoms with van der Waals surface area (Å²) in [5.74, 6) is -7.48. The highest BCUT2D eigenvalue weighted by atomic mass is 35.5. The minimum Gasteiger partial charge on any atom is -0.447 e. The van der Waals surface area contributed by atoms with Crippen LogP contribution in [0.15, 0.2) is 64.9 Å². The van der Waals surface area contributed by atoms with Crippen LogP contribution in [0.1, 0.15) is 17.0 Å². The largest absolute Gasteiger partial charge is 0.447 e. The van der Waals surface area contributed by atoms with Crippen molar-refractivity contribution in [3.8, 4) is 0 Å². The Labute approximate surface area is 228 Å². The monoisotopic (exact) mass is 608 g/mol. The Balaban J connectivity index is 1.81.